The molecule has 6 atom stereocenters. The molecule has 0 aliphatic heterocycles. The molecule has 0 aliphatic rings. The molecule has 0 amide bonds. The second-order valence-electron chi connectivity index (χ2n) is 18.0. The third-order valence-corrected chi connectivity index (χ3v) is 7.34. The molecular weight excluding hydrogens is 631 g/mol. The molecule has 0 aromatic heterocycles. The molecule has 0 saturated carbocycles. The van der Waals surface area contributed by atoms with Crippen LogP contribution in [-0.4, -0.2) is 67.3 Å². The van der Waals surface area contributed by atoms with Gasteiger partial charge in [0.15, 0.2) is 0 Å². The maximum atomic E-state index is 9.76. The summed E-state index contributed by atoms with van der Waals surface area (Å²) in [5.74, 6) is 0. The summed E-state index contributed by atoms with van der Waals surface area (Å²) in [6.07, 6.45) is -1.30. The van der Waals surface area contributed by atoms with E-state index >= 15 is 0 Å². The van der Waals surface area contributed by atoms with Gasteiger partial charge >= 0.3 is 0 Å². The van der Waals surface area contributed by atoms with E-state index in [9.17, 15) is 30.6 Å². The molecule has 0 rings (SSSR count). The Labute approximate surface area is 277 Å². The third-order valence-electron chi connectivity index (χ3n) is 7.34. The van der Waals surface area contributed by atoms with E-state index in [-0.39, 0.29) is 68.1 Å². The van der Waals surface area contributed by atoms with Crippen molar-refractivity contribution in [3.8, 4) is 0 Å². The number of rotatable bonds is 6. The minimum absolute atomic E-state index is 0. The summed E-state index contributed by atoms with van der Waals surface area (Å²) in [6.45, 7) is 35.6. The van der Waals surface area contributed by atoms with Crippen LogP contribution >= 0.6 is 0 Å². The zero-order valence-electron chi connectivity index (χ0n) is 29.8. The largest absolute Gasteiger partial charge is 0.392 e. The van der Waals surface area contributed by atoms with E-state index in [1.807, 2.05) is 125 Å². The van der Waals surface area contributed by atoms with Crippen molar-refractivity contribution >= 4 is 0 Å². The third kappa shape index (κ3) is 23.4. The molecule has 0 heterocycles. The van der Waals surface area contributed by atoms with Crippen LogP contribution in [0.5, 0.6) is 0 Å². The van der Waals surface area contributed by atoms with Crippen LogP contribution in [0.25, 0.3) is 0 Å². The summed E-state index contributed by atoms with van der Waals surface area (Å²) in [4.78, 5) is 0. The molecule has 0 aliphatic carbocycles. The molecule has 0 fully saturated rings. The van der Waals surface area contributed by atoms with Crippen LogP contribution in [0.2, 0.25) is 0 Å². The predicted molar refractivity (Wildman–Crippen MR) is 167 cm³/mol. The Morgan fingerprint density at radius 3 is 0.400 bits per heavy atom. The van der Waals surface area contributed by atoms with Crippen LogP contribution in [0.3, 0.4) is 0 Å². The molecule has 0 spiro atoms. The van der Waals surface area contributed by atoms with Gasteiger partial charge in [-0.2, -0.15) is 0 Å². The number of aliphatic hydroxyl groups is 6. The molecule has 1 radical (unpaired) electrons. The zero-order chi connectivity index (χ0) is 32.6. The van der Waals surface area contributed by atoms with Crippen molar-refractivity contribution < 1.29 is 66.2 Å². The summed E-state index contributed by atoms with van der Waals surface area (Å²) in [5.41, 5.74) is -0.880. The summed E-state index contributed by atoms with van der Waals surface area (Å²) in [7, 11) is 0. The van der Waals surface area contributed by atoms with Gasteiger partial charge < -0.3 is 30.6 Å². The first-order chi connectivity index (χ1) is 16.6. The Bertz CT molecular complexity index is 494. The molecule has 0 saturated heterocycles. The van der Waals surface area contributed by atoms with Gasteiger partial charge in [-0.3, -0.25) is 0 Å². The van der Waals surface area contributed by atoms with Gasteiger partial charge in [-0.1, -0.05) is 125 Å². The molecule has 6 N–H and O–H groups in total. The second-order valence-corrected chi connectivity index (χ2v) is 18.0. The van der Waals surface area contributed by atoms with E-state index in [0.29, 0.717) is 19.3 Å². The van der Waals surface area contributed by atoms with Crippen molar-refractivity contribution in [1.29, 1.82) is 0 Å². The fraction of sp³-hybridized carbons (Fsp3) is 1.00. The van der Waals surface area contributed by atoms with Gasteiger partial charge in [-0.25, -0.2) is 0 Å². The van der Waals surface area contributed by atoms with Crippen molar-refractivity contribution in [2.24, 2.45) is 32.5 Å². The van der Waals surface area contributed by atoms with Crippen molar-refractivity contribution in [2.45, 2.75) is 181 Å². The predicted octanol–water partition coefficient (Wildman–Crippen LogP) is 6.57. The number of hydrogen-bond donors (Lipinski definition) is 6. The van der Waals surface area contributed by atoms with Crippen molar-refractivity contribution in [2.75, 3.05) is 0 Å². The first-order valence-corrected chi connectivity index (χ1v) is 14.7. The molecule has 0 aromatic rings. The summed E-state index contributed by atoms with van der Waals surface area (Å²) < 4.78 is 0. The Morgan fingerprint density at radius 2 is 0.350 bits per heavy atom. The van der Waals surface area contributed by atoms with Crippen LogP contribution in [0, 0.1) is 68.1 Å². The molecule has 40 heavy (non-hydrogen) atoms. The smallest absolute Gasteiger partial charge is 0.0613 e. The normalized spacial score (nSPS) is 18.0. The molecular formula is C33H72LaO6. The van der Waals surface area contributed by atoms with Gasteiger partial charge in [0, 0.05) is 54.9 Å². The first-order valence-electron chi connectivity index (χ1n) is 14.7. The first kappa shape index (κ1) is 47.9. The van der Waals surface area contributed by atoms with Crippen molar-refractivity contribution in [1.82, 2.24) is 0 Å². The van der Waals surface area contributed by atoms with Gasteiger partial charge in [0.05, 0.1) is 36.6 Å². The summed E-state index contributed by atoms with van der Waals surface area (Å²) in [6, 6.07) is 0. The maximum Gasteiger partial charge on any atom is 0.0613 e. The van der Waals surface area contributed by atoms with Crippen molar-refractivity contribution in [3.05, 3.63) is 0 Å². The number of hydrogen-bond acceptors (Lipinski definition) is 6. The van der Waals surface area contributed by atoms with Gasteiger partial charge in [-0.05, 0) is 32.5 Å². The summed E-state index contributed by atoms with van der Waals surface area (Å²) in [5, 5.41) is 58.6. The van der Waals surface area contributed by atoms with Crippen LogP contribution in [0.15, 0.2) is 0 Å². The van der Waals surface area contributed by atoms with Crippen LogP contribution in [-0.2, 0) is 0 Å². The average Bonchev–Trinajstić information content (AvgIpc) is 2.64. The topological polar surface area (TPSA) is 121 Å². The van der Waals surface area contributed by atoms with E-state index in [4.69, 9.17) is 0 Å². The summed E-state index contributed by atoms with van der Waals surface area (Å²) >= 11 is 0. The minimum Gasteiger partial charge on any atom is -0.392 e. The number of aliphatic hydroxyl groups excluding tert-OH is 6. The fourth-order valence-corrected chi connectivity index (χ4v) is 2.76. The van der Waals surface area contributed by atoms with Crippen LogP contribution < -0.4 is 0 Å². The quantitative estimate of drug-likeness (QED) is 0.186. The average molecular weight is 704 g/mol. The van der Waals surface area contributed by atoms with Gasteiger partial charge in [0.1, 0.15) is 0 Å². The van der Waals surface area contributed by atoms with Crippen LogP contribution in [0.4, 0.5) is 0 Å². The minimum atomic E-state index is -0.443. The molecule has 6 unspecified atom stereocenters. The Hall–Kier alpha value is 0.955. The zero-order valence-corrected chi connectivity index (χ0v) is 33.5. The maximum absolute atomic E-state index is 9.76. The van der Waals surface area contributed by atoms with E-state index in [1.165, 1.54) is 0 Å². The molecule has 6 nitrogen and oxygen atoms in total. The van der Waals surface area contributed by atoms with E-state index in [1.54, 1.807) is 0 Å². The SMILES string of the molecule is CC(C)(C)C(O)CC(O)C(C)(C)C.CC(C)(C)C(O)CC(O)C(C)(C)C.CC(C)(C)C(O)CC(O)C(C)(C)C.[La]. The molecule has 0 bridgehead atoms. The van der Waals surface area contributed by atoms with Crippen LogP contribution in [0.1, 0.15) is 144 Å². The molecule has 7 heteroatoms. The Balaban J connectivity index is -0.000000240. The molecule has 243 valence electrons. The van der Waals surface area contributed by atoms with Gasteiger partial charge in [0.2, 0.25) is 0 Å². The molecule has 0 aromatic carbocycles. The van der Waals surface area contributed by atoms with Gasteiger partial charge in [0.25, 0.3) is 0 Å². The second kappa shape index (κ2) is 18.1. The Kier molecular flexibility index (Phi) is 21.6. The van der Waals surface area contributed by atoms with E-state index in [0.717, 1.165) is 0 Å². The monoisotopic (exact) mass is 703 g/mol. The fourth-order valence-electron chi connectivity index (χ4n) is 2.76. The van der Waals surface area contributed by atoms with Gasteiger partial charge in [-0.15, -0.1) is 0 Å². The standard InChI is InChI=1S/3C11H24O2.La/c3*1-10(2,3)8(12)7-9(13)11(4,5)6;/h3*8-9,12-13H,7H2,1-6H3;. The van der Waals surface area contributed by atoms with E-state index < -0.39 is 36.6 Å². The van der Waals surface area contributed by atoms with Crippen molar-refractivity contribution in [3.63, 3.8) is 0 Å². The van der Waals surface area contributed by atoms with E-state index in [2.05, 4.69) is 0 Å². The Morgan fingerprint density at radius 1 is 0.275 bits per heavy atom.